The van der Waals surface area contributed by atoms with Gasteiger partial charge >= 0.3 is 6.03 Å². The molecule has 4 aromatic rings. The molecular weight excluding hydrogens is 512 g/mol. The van der Waals surface area contributed by atoms with E-state index < -0.39 is 6.03 Å². The van der Waals surface area contributed by atoms with Crippen molar-refractivity contribution in [3.63, 3.8) is 0 Å². The Kier molecular flexibility index (Phi) is 7.74. The molecule has 0 radical (unpaired) electrons. The lowest BCUT2D eigenvalue weighted by atomic mass is 9.95. The molecule has 0 saturated carbocycles. The van der Waals surface area contributed by atoms with Crippen molar-refractivity contribution in [2.45, 2.75) is 31.8 Å². The van der Waals surface area contributed by atoms with Crippen LogP contribution in [-0.2, 0) is 12.8 Å². The summed E-state index contributed by atoms with van der Waals surface area (Å²) in [5, 5.41) is 3.28. The summed E-state index contributed by atoms with van der Waals surface area (Å²) in [6.07, 6.45) is 4.94. The van der Waals surface area contributed by atoms with Crippen LogP contribution in [0.3, 0.4) is 0 Å². The topological polar surface area (TPSA) is 99.2 Å². The number of carbonyl (C=O) groups excluding carboxylic acids is 2. The summed E-state index contributed by atoms with van der Waals surface area (Å²) in [6, 6.07) is 22.5. The molecule has 0 spiro atoms. The number of hydrogen-bond donors (Lipinski definition) is 3. The Morgan fingerprint density at radius 2 is 1.59 bits per heavy atom. The molecule has 1 atom stereocenters. The van der Waals surface area contributed by atoms with Crippen molar-refractivity contribution in [2.24, 2.45) is 0 Å². The molecule has 0 bridgehead atoms. The molecule has 0 aliphatic heterocycles. The minimum Gasteiger partial charge on any atom is -0.333 e. The number of fused-ring (bicyclic) bond motifs is 2. The van der Waals surface area contributed by atoms with Crippen molar-refractivity contribution in [3.8, 4) is 0 Å². The van der Waals surface area contributed by atoms with E-state index in [2.05, 4.69) is 50.4 Å². The Morgan fingerprint density at radius 3 is 2.21 bits per heavy atom. The molecule has 1 aliphatic rings. The zero-order valence-corrected chi connectivity index (χ0v) is 22.4. The highest BCUT2D eigenvalue weighted by molar-refractivity contribution is 6.33. The lowest BCUT2D eigenvalue weighted by Gasteiger charge is -2.24. The van der Waals surface area contributed by atoms with E-state index in [1.807, 2.05) is 49.4 Å². The average molecular weight is 541 g/mol. The number of rotatable bonds is 6. The van der Waals surface area contributed by atoms with Crippen LogP contribution in [0.2, 0.25) is 5.02 Å². The third-order valence-electron chi connectivity index (χ3n) is 7.07. The van der Waals surface area contributed by atoms with E-state index in [0.29, 0.717) is 5.56 Å². The number of benzene rings is 2. The fourth-order valence-corrected chi connectivity index (χ4v) is 5.02. The number of urea groups is 1. The highest BCUT2D eigenvalue weighted by Crippen LogP contribution is 2.32. The van der Waals surface area contributed by atoms with Gasteiger partial charge in [0.2, 0.25) is 0 Å². The van der Waals surface area contributed by atoms with Crippen LogP contribution in [0.4, 0.5) is 10.6 Å². The number of halogens is 1. The molecule has 1 unspecified atom stereocenters. The fourth-order valence-electron chi connectivity index (χ4n) is 4.81. The van der Waals surface area contributed by atoms with Crippen LogP contribution in [0.15, 0.2) is 85.2 Å². The minimum atomic E-state index is -0.437. The molecule has 8 nitrogen and oxygen atoms in total. The zero-order chi connectivity index (χ0) is 27.4. The second kappa shape index (κ2) is 11.5. The number of amides is 3. The molecule has 2 heterocycles. The maximum Gasteiger partial charge on any atom is 0.334 e. The van der Waals surface area contributed by atoms with E-state index in [-0.39, 0.29) is 28.8 Å². The van der Waals surface area contributed by atoms with E-state index in [4.69, 9.17) is 11.6 Å². The van der Waals surface area contributed by atoms with Gasteiger partial charge in [-0.3, -0.25) is 20.6 Å². The molecular formula is C30H29ClN6O2. The number of aryl methyl sites for hydroxylation is 2. The van der Waals surface area contributed by atoms with Crippen LogP contribution >= 0.6 is 11.6 Å². The third-order valence-corrected chi connectivity index (χ3v) is 7.36. The van der Waals surface area contributed by atoms with Crippen LogP contribution < -0.4 is 16.2 Å². The lowest BCUT2D eigenvalue weighted by Crippen LogP contribution is -2.41. The number of nitrogens with one attached hydrogen (secondary N) is 3. The van der Waals surface area contributed by atoms with Crippen LogP contribution in [0.1, 0.15) is 57.3 Å². The van der Waals surface area contributed by atoms with Gasteiger partial charge in [-0.2, -0.15) is 0 Å². The first-order valence-corrected chi connectivity index (χ1v) is 13.1. The van der Waals surface area contributed by atoms with Crippen molar-refractivity contribution < 1.29 is 9.59 Å². The highest BCUT2D eigenvalue weighted by Gasteiger charge is 2.25. The molecule has 5 rings (SSSR count). The number of pyridine rings is 2. The molecule has 2 aromatic carbocycles. The second-order valence-corrected chi connectivity index (χ2v) is 9.86. The number of nitrogens with zero attached hydrogens (tertiary/aromatic N) is 3. The smallest absolute Gasteiger partial charge is 0.333 e. The van der Waals surface area contributed by atoms with Gasteiger partial charge in [0.15, 0.2) is 5.82 Å². The summed E-state index contributed by atoms with van der Waals surface area (Å²) < 4.78 is 0. The summed E-state index contributed by atoms with van der Waals surface area (Å²) in [7, 11) is 1.71. The van der Waals surface area contributed by atoms with Crippen LogP contribution in [0, 0.1) is 0 Å². The van der Waals surface area contributed by atoms with E-state index in [1.54, 1.807) is 18.1 Å². The Labute approximate surface area is 232 Å². The second-order valence-electron chi connectivity index (χ2n) is 9.46. The quantitative estimate of drug-likeness (QED) is 0.281. The van der Waals surface area contributed by atoms with Gasteiger partial charge < -0.3 is 10.2 Å². The third kappa shape index (κ3) is 5.71. The largest absolute Gasteiger partial charge is 0.334 e. The molecule has 198 valence electrons. The van der Waals surface area contributed by atoms with Gasteiger partial charge in [0, 0.05) is 19.4 Å². The van der Waals surface area contributed by atoms with Gasteiger partial charge in [0.05, 0.1) is 28.4 Å². The molecule has 1 aliphatic carbocycles. The molecule has 9 heteroatoms. The fraction of sp³-hybridized carbons (Fsp3) is 0.200. The molecule has 2 aromatic heterocycles. The van der Waals surface area contributed by atoms with Crippen LogP contribution in [0.25, 0.3) is 0 Å². The van der Waals surface area contributed by atoms with Gasteiger partial charge in [-0.1, -0.05) is 66.2 Å². The summed E-state index contributed by atoms with van der Waals surface area (Å²) in [4.78, 5) is 36.2. The van der Waals surface area contributed by atoms with Crippen molar-refractivity contribution in [1.29, 1.82) is 0 Å². The van der Waals surface area contributed by atoms with Crippen molar-refractivity contribution >= 4 is 29.4 Å². The highest BCUT2D eigenvalue weighted by atomic mass is 35.5. The van der Waals surface area contributed by atoms with E-state index in [0.717, 1.165) is 29.7 Å². The number of hydrogen-bond acceptors (Lipinski definition) is 5. The van der Waals surface area contributed by atoms with Gasteiger partial charge in [0.1, 0.15) is 0 Å². The average Bonchev–Trinajstić information content (AvgIpc) is 3.13. The first-order chi connectivity index (χ1) is 18.9. The monoisotopic (exact) mass is 540 g/mol. The first kappa shape index (κ1) is 26.2. The number of anilines is 1. The van der Waals surface area contributed by atoms with E-state index in [9.17, 15) is 9.59 Å². The van der Waals surface area contributed by atoms with E-state index >= 15 is 0 Å². The van der Waals surface area contributed by atoms with Crippen LogP contribution in [0.5, 0.6) is 0 Å². The van der Waals surface area contributed by atoms with Crippen molar-refractivity contribution in [1.82, 2.24) is 25.6 Å². The summed E-state index contributed by atoms with van der Waals surface area (Å²) in [6.45, 7) is 1.90. The number of hydrazine groups is 1. The normalized spacial score (nSPS) is 13.3. The predicted molar refractivity (Wildman–Crippen MR) is 151 cm³/mol. The molecule has 0 saturated heterocycles. The number of aromatic nitrogens is 2. The van der Waals surface area contributed by atoms with Gasteiger partial charge in [-0.25, -0.2) is 9.78 Å². The van der Waals surface area contributed by atoms with Gasteiger partial charge in [-0.05, 0) is 60.2 Å². The van der Waals surface area contributed by atoms with Crippen molar-refractivity contribution in [3.05, 3.63) is 124 Å². The maximum absolute atomic E-state index is 13.0. The first-order valence-electron chi connectivity index (χ1n) is 12.7. The summed E-state index contributed by atoms with van der Waals surface area (Å²) >= 11 is 6.43. The molecule has 3 amide bonds. The predicted octanol–water partition coefficient (Wildman–Crippen LogP) is 5.48. The SMILES string of the molecule is CC(c1ccccn1)N(C)C(=O)c1cnc(NNC(=O)NC2c3ccccc3CCc3ccccc32)c(Cl)c1. The summed E-state index contributed by atoms with van der Waals surface area (Å²) in [5.74, 6) is -0.0176. The van der Waals surface area contributed by atoms with E-state index in [1.165, 1.54) is 23.4 Å². The zero-order valence-electron chi connectivity index (χ0n) is 21.7. The standard InChI is InChI=1S/C30H29ClN6O2/c1-19(26-13-7-8-16-32-26)37(2)29(38)22-17-25(31)28(33-18-22)35-36-30(39)34-27-23-11-5-3-9-20(23)14-15-21-10-4-6-12-24(21)27/h3-13,16-19,27H,14-15H2,1-2H3,(H,33,35)(H2,34,36,39). The molecule has 39 heavy (non-hydrogen) atoms. The van der Waals surface area contributed by atoms with Crippen molar-refractivity contribution in [2.75, 3.05) is 12.5 Å². The Hall–Kier alpha value is -4.43. The maximum atomic E-state index is 13.0. The molecule has 3 N–H and O–H groups in total. The number of carbonyl (C=O) groups is 2. The lowest BCUT2D eigenvalue weighted by molar-refractivity contribution is 0.0739. The van der Waals surface area contributed by atoms with Crippen LogP contribution in [-0.4, -0.2) is 33.9 Å². The Balaban J connectivity index is 1.26. The molecule has 0 fully saturated rings. The Bertz CT molecular complexity index is 1450. The minimum absolute atomic E-state index is 0.199. The van der Waals surface area contributed by atoms with Gasteiger partial charge in [0.25, 0.3) is 5.91 Å². The Morgan fingerprint density at radius 1 is 0.949 bits per heavy atom. The summed E-state index contributed by atoms with van der Waals surface area (Å²) in [5.41, 5.74) is 11.1. The van der Waals surface area contributed by atoms with Gasteiger partial charge in [-0.15, -0.1) is 0 Å².